The minimum Gasteiger partial charge on any atom is -0.396 e. The number of aliphatic hydroxyl groups excluding tert-OH is 4. The van der Waals surface area contributed by atoms with Gasteiger partial charge >= 0.3 is 0 Å². The van der Waals surface area contributed by atoms with Crippen LogP contribution in [0.3, 0.4) is 0 Å². The summed E-state index contributed by atoms with van der Waals surface area (Å²) in [7, 11) is 0. The highest BCUT2D eigenvalue weighted by Gasteiger charge is 2.27. The second-order valence-electron chi connectivity index (χ2n) is 6.35. The molecular weight excluding hydrogens is 320 g/mol. The fraction of sp³-hybridized carbons (Fsp3) is 0.350. The normalized spacial score (nSPS) is 12.8. The number of rotatable bonds is 9. The van der Waals surface area contributed by atoms with Gasteiger partial charge in [-0.15, -0.1) is 0 Å². The molecule has 0 saturated heterocycles. The van der Waals surface area contributed by atoms with Crippen LogP contribution in [0.2, 0.25) is 0 Å². The molecule has 0 aliphatic carbocycles. The van der Waals surface area contributed by atoms with E-state index in [1.54, 1.807) is 48.5 Å². The van der Waals surface area contributed by atoms with Crippen LogP contribution in [0.15, 0.2) is 54.6 Å². The molecule has 5 heteroatoms. The second kappa shape index (κ2) is 8.87. The average molecular weight is 344 g/mol. The van der Waals surface area contributed by atoms with Gasteiger partial charge in [0.2, 0.25) is 0 Å². The summed E-state index contributed by atoms with van der Waals surface area (Å²) in [4.78, 5) is 12.4. The van der Waals surface area contributed by atoms with E-state index in [1.807, 2.05) is 6.07 Å². The summed E-state index contributed by atoms with van der Waals surface area (Å²) in [6.45, 7) is -0.932. The predicted octanol–water partition coefficient (Wildman–Crippen LogP) is 1.50. The van der Waals surface area contributed by atoms with Gasteiger partial charge < -0.3 is 20.4 Å². The van der Waals surface area contributed by atoms with Gasteiger partial charge in [0.05, 0.1) is 19.8 Å². The van der Waals surface area contributed by atoms with Crippen molar-refractivity contribution >= 4 is 5.78 Å². The van der Waals surface area contributed by atoms with Crippen molar-refractivity contribution < 1.29 is 25.2 Å². The van der Waals surface area contributed by atoms with Crippen molar-refractivity contribution in [2.24, 2.45) is 5.41 Å². The lowest BCUT2D eigenvalue weighted by Gasteiger charge is -2.27. The zero-order valence-corrected chi connectivity index (χ0v) is 14.0. The van der Waals surface area contributed by atoms with E-state index in [2.05, 4.69) is 0 Å². The van der Waals surface area contributed by atoms with Gasteiger partial charge in [0.1, 0.15) is 6.10 Å². The maximum absolute atomic E-state index is 12.4. The van der Waals surface area contributed by atoms with Crippen molar-refractivity contribution in [3.05, 3.63) is 71.3 Å². The van der Waals surface area contributed by atoms with Crippen molar-refractivity contribution in [1.29, 1.82) is 0 Å². The van der Waals surface area contributed by atoms with Crippen LogP contribution in [-0.2, 0) is 6.42 Å². The Kier molecular flexibility index (Phi) is 6.84. The number of hydrogen-bond donors (Lipinski definition) is 4. The van der Waals surface area contributed by atoms with Crippen molar-refractivity contribution in [1.82, 2.24) is 0 Å². The fourth-order valence-electron chi connectivity index (χ4n) is 2.63. The van der Waals surface area contributed by atoms with Gasteiger partial charge in [-0.25, -0.2) is 0 Å². The highest BCUT2D eigenvalue weighted by atomic mass is 16.3. The summed E-state index contributed by atoms with van der Waals surface area (Å²) in [6.07, 6.45) is -0.356. The Bertz CT molecular complexity index is 671. The van der Waals surface area contributed by atoms with Crippen LogP contribution in [-0.4, -0.2) is 46.0 Å². The van der Waals surface area contributed by atoms with Gasteiger partial charge in [-0.1, -0.05) is 54.6 Å². The lowest BCUT2D eigenvalue weighted by molar-refractivity contribution is -0.000273. The average Bonchev–Trinajstić information content (AvgIpc) is 2.69. The molecule has 2 aromatic carbocycles. The summed E-state index contributed by atoms with van der Waals surface area (Å²) in [5.41, 5.74) is 0.862. The number of benzene rings is 2. The van der Waals surface area contributed by atoms with Gasteiger partial charge in [0.15, 0.2) is 5.78 Å². The first-order valence-electron chi connectivity index (χ1n) is 8.24. The van der Waals surface area contributed by atoms with Gasteiger partial charge in [-0.3, -0.25) is 4.79 Å². The molecule has 5 nitrogen and oxygen atoms in total. The van der Waals surface area contributed by atoms with Crippen molar-refractivity contribution in [2.75, 3.05) is 19.8 Å². The van der Waals surface area contributed by atoms with Crippen molar-refractivity contribution in [2.45, 2.75) is 18.9 Å². The number of hydrogen-bond acceptors (Lipinski definition) is 5. The number of aliphatic hydroxyl groups is 4. The van der Waals surface area contributed by atoms with Crippen molar-refractivity contribution in [3.8, 4) is 0 Å². The molecule has 0 aliphatic heterocycles. The molecule has 1 atom stereocenters. The van der Waals surface area contributed by atoms with Crippen LogP contribution in [0, 0.1) is 5.41 Å². The first-order valence-corrected chi connectivity index (χ1v) is 8.24. The highest BCUT2D eigenvalue weighted by Crippen LogP contribution is 2.25. The molecule has 0 saturated carbocycles. The first kappa shape index (κ1) is 19.3. The maximum atomic E-state index is 12.4. The zero-order valence-electron chi connectivity index (χ0n) is 14.0. The fourth-order valence-corrected chi connectivity index (χ4v) is 2.63. The number of aryl methyl sites for hydroxylation is 1. The Balaban J connectivity index is 2.11. The molecule has 2 rings (SSSR count). The van der Waals surface area contributed by atoms with Crippen LogP contribution >= 0.6 is 0 Å². The number of carbonyl (C=O) groups is 1. The van der Waals surface area contributed by atoms with Gasteiger partial charge in [-0.2, -0.15) is 0 Å². The first-order chi connectivity index (χ1) is 12.0. The molecular formula is C20H24O5. The zero-order chi connectivity index (χ0) is 18.3. The van der Waals surface area contributed by atoms with Gasteiger partial charge in [0, 0.05) is 11.0 Å². The van der Waals surface area contributed by atoms with Crippen LogP contribution in [0.1, 0.15) is 34.0 Å². The maximum Gasteiger partial charge on any atom is 0.195 e. The highest BCUT2D eigenvalue weighted by molar-refractivity contribution is 5.99. The van der Waals surface area contributed by atoms with E-state index in [0.29, 0.717) is 24.0 Å². The lowest BCUT2D eigenvalue weighted by atomic mass is 9.84. The Hall–Kier alpha value is -2.05. The second-order valence-corrected chi connectivity index (χ2v) is 6.35. The number of carbonyl (C=O) groups excluding carboxylic acids is 1. The molecule has 0 heterocycles. The van der Waals surface area contributed by atoms with E-state index in [1.165, 1.54) is 0 Å². The Morgan fingerprint density at radius 2 is 1.56 bits per heavy atom. The lowest BCUT2D eigenvalue weighted by Crippen LogP contribution is -2.34. The molecule has 134 valence electrons. The minimum absolute atomic E-state index is 0.311. The SMILES string of the molecule is O=C(c1ccccc1)C(O)c1cccc(CCC(CO)(CO)CO)c1. The third kappa shape index (κ3) is 4.74. The summed E-state index contributed by atoms with van der Waals surface area (Å²) in [5, 5.41) is 38.5. The minimum atomic E-state index is -1.25. The van der Waals surface area contributed by atoms with Crippen LogP contribution in [0.5, 0.6) is 0 Å². The van der Waals surface area contributed by atoms with E-state index in [9.17, 15) is 25.2 Å². The predicted molar refractivity (Wildman–Crippen MR) is 94.2 cm³/mol. The van der Waals surface area contributed by atoms with E-state index in [4.69, 9.17) is 0 Å². The summed E-state index contributed by atoms with van der Waals surface area (Å²) in [6, 6.07) is 15.6. The Morgan fingerprint density at radius 1 is 0.920 bits per heavy atom. The molecule has 0 aromatic heterocycles. The number of Topliss-reactive ketones (excluding diaryl/α,β-unsaturated/α-hetero) is 1. The molecule has 0 fully saturated rings. The third-order valence-electron chi connectivity index (χ3n) is 4.52. The summed E-state index contributed by atoms with van der Waals surface area (Å²) < 4.78 is 0. The number of ketones is 1. The van der Waals surface area contributed by atoms with Gasteiger partial charge in [0.25, 0.3) is 0 Å². The van der Waals surface area contributed by atoms with E-state index < -0.39 is 11.5 Å². The quantitative estimate of drug-likeness (QED) is 0.517. The largest absolute Gasteiger partial charge is 0.396 e. The Morgan fingerprint density at radius 3 is 2.16 bits per heavy atom. The molecule has 0 radical (unpaired) electrons. The molecule has 4 N–H and O–H groups in total. The molecule has 0 aliphatic rings. The molecule has 2 aromatic rings. The van der Waals surface area contributed by atoms with E-state index in [0.717, 1.165) is 5.56 Å². The molecule has 0 amide bonds. The van der Waals surface area contributed by atoms with E-state index in [-0.39, 0.29) is 25.6 Å². The molecule has 0 bridgehead atoms. The van der Waals surface area contributed by atoms with Crippen molar-refractivity contribution in [3.63, 3.8) is 0 Å². The Labute approximate surface area is 147 Å². The molecule has 0 spiro atoms. The van der Waals surface area contributed by atoms with Crippen LogP contribution in [0.4, 0.5) is 0 Å². The molecule has 1 unspecified atom stereocenters. The summed E-state index contributed by atoms with van der Waals surface area (Å²) >= 11 is 0. The molecule has 25 heavy (non-hydrogen) atoms. The van der Waals surface area contributed by atoms with E-state index >= 15 is 0 Å². The standard InChI is InChI=1S/C20H24O5/c21-12-20(13-22,14-23)10-9-15-5-4-8-17(11-15)19(25)18(24)16-6-2-1-3-7-16/h1-8,11,19,21-23,25H,9-10,12-14H2. The summed E-state index contributed by atoms with van der Waals surface area (Å²) in [5.74, 6) is -0.367. The van der Waals surface area contributed by atoms with Crippen LogP contribution < -0.4 is 0 Å². The smallest absolute Gasteiger partial charge is 0.195 e. The monoisotopic (exact) mass is 344 g/mol. The third-order valence-corrected chi connectivity index (χ3v) is 4.52. The van der Waals surface area contributed by atoms with Gasteiger partial charge in [-0.05, 0) is 24.0 Å². The topological polar surface area (TPSA) is 98.0 Å². The van der Waals surface area contributed by atoms with Crippen LogP contribution in [0.25, 0.3) is 0 Å².